The molecule has 0 aliphatic heterocycles. The third kappa shape index (κ3) is 3.29. The average Bonchev–Trinajstić information content (AvgIpc) is 2.35. The number of pyridine rings is 1. The smallest absolute Gasteiger partial charge is 0.219 e. The molecule has 0 radical (unpaired) electrons. The number of aryl methyl sites for hydroxylation is 1. The Kier molecular flexibility index (Phi) is 3.73. The molecule has 0 atom stereocenters. The zero-order valence-electron chi connectivity index (χ0n) is 9.89. The van der Waals surface area contributed by atoms with E-state index in [1.54, 1.807) is 6.20 Å². The largest absolute Gasteiger partial charge is 0.439 e. The van der Waals surface area contributed by atoms with Crippen LogP contribution < -0.4 is 10.5 Å². The van der Waals surface area contributed by atoms with Crippen molar-refractivity contribution in [2.24, 2.45) is 5.73 Å². The molecule has 0 unspecified atom stereocenters. The van der Waals surface area contributed by atoms with Crippen LogP contribution in [-0.4, -0.2) is 11.5 Å². The number of hydrogen-bond donors (Lipinski definition) is 1. The van der Waals surface area contributed by atoms with E-state index < -0.39 is 0 Å². The summed E-state index contributed by atoms with van der Waals surface area (Å²) >= 11 is 0. The topological polar surface area (TPSA) is 48.1 Å². The molecule has 0 saturated heterocycles. The van der Waals surface area contributed by atoms with Crippen molar-refractivity contribution in [3.8, 4) is 11.6 Å². The zero-order valence-corrected chi connectivity index (χ0v) is 9.89. The molecule has 0 bridgehead atoms. The lowest BCUT2D eigenvalue weighted by Crippen LogP contribution is -2.02. The van der Waals surface area contributed by atoms with Crippen LogP contribution in [0.1, 0.15) is 11.1 Å². The summed E-state index contributed by atoms with van der Waals surface area (Å²) in [6.07, 6.45) is 2.68. The fraction of sp³-hybridized carbons (Fsp3) is 0.214. The van der Waals surface area contributed by atoms with Gasteiger partial charge < -0.3 is 10.5 Å². The third-order valence-corrected chi connectivity index (χ3v) is 2.46. The fourth-order valence-electron chi connectivity index (χ4n) is 1.53. The minimum absolute atomic E-state index is 0.613. The SMILES string of the molecule is Cc1ccc(Oc2ccc(CCN)cc2)nc1. The number of ether oxygens (including phenoxy) is 1. The Balaban J connectivity index is 2.05. The van der Waals surface area contributed by atoms with Gasteiger partial charge in [0.15, 0.2) is 0 Å². The normalized spacial score (nSPS) is 10.2. The van der Waals surface area contributed by atoms with Gasteiger partial charge in [0.05, 0.1) is 0 Å². The number of nitrogens with two attached hydrogens (primary N) is 1. The van der Waals surface area contributed by atoms with Crippen LogP contribution in [0.25, 0.3) is 0 Å². The summed E-state index contributed by atoms with van der Waals surface area (Å²) in [6.45, 7) is 2.66. The summed E-state index contributed by atoms with van der Waals surface area (Å²) < 4.78 is 5.62. The van der Waals surface area contributed by atoms with Crippen LogP contribution >= 0.6 is 0 Å². The Bertz CT molecular complexity index is 463. The molecule has 17 heavy (non-hydrogen) atoms. The molecule has 1 heterocycles. The van der Waals surface area contributed by atoms with E-state index >= 15 is 0 Å². The quantitative estimate of drug-likeness (QED) is 0.875. The third-order valence-electron chi connectivity index (χ3n) is 2.46. The van der Waals surface area contributed by atoms with Crippen LogP contribution in [0.2, 0.25) is 0 Å². The summed E-state index contributed by atoms with van der Waals surface area (Å²) in [5.41, 5.74) is 7.84. The number of benzene rings is 1. The van der Waals surface area contributed by atoms with E-state index in [2.05, 4.69) is 4.98 Å². The molecule has 1 aromatic carbocycles. The number of rotatable bonds is 4. The molecule has 0 spiro atoms. The molecular weight excluding hydrogens is 212 g/mol. The molecule has 3 heteroatoms. The summed E-state index contributed by atoms with van der Waals surface area (Å²) in [7, 11) is 0. The Hall–Kier alpha value is -1.87. The van der Waals surface area contributed by atoms with Crippen LogP contribution in [0.5, 0.6) is 11.6 Å². The highest BCUT2D eigenvalue weighted by Gasteiger charge is 1.98. The monoisotopic (exact) mass is 228 g/mol. The molecule has 2 aromatic rings. The van der Waals surface area contributed by atoms with Crippen molar-refractivity contribution in [1.29, 1.82) is 0 Å². The molecule has 0 amide bonds. The van der Waals surface area contributed by atoms with Crippen molar-refractivity contribution in [3.05, 3.63) is 53.7 Å². The van der Waals surface area contributed by atoms with Crippen LogP contribution in [0.3, 0.4) is 0 Å². The van der Waals surface area contributed by atoms with E-state index in [1.807, 2.05) is 43.3 Å². The van der Waals surface area contributed by atoms with Gasteiger partial charge in [0.1, 0.15) is 5.75 Å². The highest BCUT2D eigenvalue weighted by atomic mass is 16.5. The standard InChI is InChI=1S/C14H16N2O/c1-11-2-7-14(16-10-11)17-13-5-3-12(4-6-13)8-9-15/h2-7,10H,8-9,15H2,1H3. The van der Waals surface area contributed by atoms with Gasteiger partial charge in [-0.05, 0) is 43.1 Å². The van der Waals surface area contributed by atoms with Crippen LogP contribution in [0, 0.1) is 6.92 Å². The Morgan fingerprint density at radius 3 is 2.47 bits per heavy atom. The van der Waals surface area contributed by atoms with Gasteiger partial charge in [0, 0.05) is 12.3 Å². The minimum Gasteiger partial charge on any atom is -0.439 e. The lowest BCUT2D eigenvalue weighted by atomic mass is 10.1. The molecular formula is C14H16N2O. The summed E-state index contributed by atoms with van der Waals surface area (Å²) in [4.78, 5) is 4.19. The van der Waals surface area contributed by atoms with E-state index in [1.165, 1.54) is 5.56 Å². The maximum absolute atomic E-state index is 5.62. The van der Waals surface area contributed by atoms with Gasteiger partial charge in [-0.15, -0.1) is 0 Å². The number of aromatic nitrogens is 1. The molecule has 2 rings (SSSR count). The first-order chi connectivity index (χ1) is 8.28. The van der Waals surface area contributed by atoms with Gasteiger partial charge in [-0.25, -0.2) is 4.98 Å². The first kappa shape index (κ1) is 11.6. The summed E-state index contributed by atoms with van der Waals surface area (Å²) in [5, 5.41) is 0. The van der Waals surface area contributed by atoms with Crippen molar-refractivity contribution in [1.82, 2.24) is 4.98 Å². The van der Waals surface area contributed by atoms with Gasteiger partial charge in [-0.3, -0.25) is 0 Å². The molecule has 3 nitrogen and oxygen atoms in total. The first-order valence-electron chi connectivity index (χ1n) is 5.67. The van der Waals surface area contributed by atoms with Crippen molar-refractivity contribution < 1.29 is 4.74 Å². The van der Waals surface area contributed by atoms with Gasteiger partial charge in [0.2, 0.25) is 5.88 Å². The second kappa shape index (κ2) is 5.46. The van der Waals surface area contributed by atoms with E-state index in [9.17, 15) is 0 Å². The zero-order chi connectivity index (χ0) is 12.1. The highest BCUT2D eigenvalue weighted by Crippen LogP contribution is 2.19. The van der Waals surface area contributed by atoms with Crippen LogP contribution in [0.4, 0.5) is 0 Å². The van der Waals surface area contributed by atoms with E-state index in [-0.39, 0.29) is 0 Å². The number of hydrogen-bond acceptors (Lipinski definition) is 3. The predicted molar refractivity (Wildman–Crippen MR) is 68.2 cm³/mol. The molecule has 1 aromatic heterocycles. The fourth-order valence-corrected chi connectivity index (χ4v) is 1.53. The van der Waals surface area contributed by atoms with Gasteiger partial charge in [-0.2, -0.15) is 0 Å². The average molecular weight is 228 g/mol. The maximum Gasteiger partial charge on any atom is 0.219 e. The van der Waals surface area contributed by atoms with Crippen molar-refractivity contribution >= 4 is 0 Å². The van der Waals surface area contributed by atoms with Crippen molar-refractivity contribution in [2.45, 2.75) is 13.3 Å². The summed E-state index contributed by atoms with van der Waals surface area (Å²) in [5.74, 6) is 1.41. The molecule has 2 N–H and O–H groups in total. The molecule has 0 aliphatic rings. The summed E-state index contributed by atoms with van der Waals surface area (Å²) in [6, 6.07) is 11.8. The maximum atomic E-state index is 5.62. The second-order valence-electron chi connectivity index (χ2n) is 3.96. The van der Waals surface area contributed by atoms with Crippen molar-refractivity contribution in [3.63, 3.8) is 0 Å². The molecule has 0 saturated carbocycles. The Labute approximate surface area is 101 Å². The van der Waals surface area contributed by atoms with E-state index in [4.69, 9.17) is 10.5 Å². The number of nitrogens with zero attached hydrogens (tertiary/aromatic N) is 1. The molecule has 0 fully saturated rings. The van der Waals surface area contributed by atoms with Crippen molar-refractivity contribution in [2.75, 3.05) is 6.54 Å². The van der Waals surface area contributed by atoms with Gasteiger partial charge >= 0.3 is 0 Å². The Morgan fingerprint density at radius 1 is 1.12 bits per heavy atom. The Morgan fingerprint density at radius 2 is 1.88 bits per heavy atom. The van der Waals surface area contributed by atoms with Gasteiger partial charge in [-0.1, -0.05) is 18.2 Å². The van der Waals surface area contributed by atoms with Crippen LogP contribution in [0.15, 0.2) is 42.6 Å². The molecule has 88 valence electrons. The van der Waals surface area contributed by atoms with E-state index in [0.717, 1.165) is 17.7 Å². The lowest BCUT2D eigenvalue weighted by Gasteiger charge is -2.05. The lowest BCUT2D eigenvalue weighted by molar-refractivity contribution is 0.462. The highest BCUT2D eigenvalue weighted by molar-refractivity contribution is 5.31. The second-order valence-corrected chi connectivity index (χ2v) is 3.96. The van der Waals surface area contributed by atoms with Gasteiger partial charge in [0.25, 0.3) is 0 Å². The first-order valence-corrected chi connectivity index (χ1v) is 5.67. The van der Waals surface area contributed by atoms with E-state index in [0.29, 0.717) is 12.4 Å². The van der Waals surface area contributed by atoms with Crippen LogP contribution in [-0.2, 0) is 6.42 Å². The minimum atomic E-state index is 0.613. The molecule has 0 aliphatic carbocycles. The predicted octanol–water partition coefficient (Wildman–Crippen LogP) is 2.68.